The van der Waals surface area contributed by atoms with Gasteiger partial charge < -0.3 is 15.2 Å². The van der Waals surface area contributed by atoms with Gasteiger partial charge in [0.25, 0.3) is 0 Å². The minimum absolute atomic E-state index is 0.103. The highest BCUT2D eigenvalue weighted by atomic mass is 16.5. The van der Waals surface area contributed by atoms with Crippen molar-refractivity contribution < 1.29 is 14.3 Å². The number of carbonyl (C=O) groups is 1. The fraction of sp³-hybridized carbons (Fsp3) is 0.167. The van der Waals surface area contributed by atoms with E-state index in [2.05, 4.69) is 0 Å². The van der Waals surface area contributed by atoms with Crippen molar-refractivity contribution in [3.8, 4) is 5.75 Å². The molecule has 4 nitrogen and oxygen atoms in total. The summed E-state index contributed by atoms with van der Waals surface area (Å²) in [5, 5.41) is 0. The number of rotatable bonds is 3. The molecule has 4 heteroatoms. The van der Waals surface area contributed by atoms with Crippen molar-refractivity contribution in [3.05, 3.63) is 77.2 Å². The first-order valence-electron chi connectivity index (χ1n) is 7.21. The van der Waals surface area contributed by atoms with Crippen LogP contribution in [0.5, 0.6) is 5.75 Å². The molecule has 2 N–H and O–H groups in total. The summed E-state index contributed by atoms with van der Waals surface area (Å²) >= 11 is 0. The molecule has 2 aromatic rings. The lowest BCUT2D eigenvalue weighted by atomic mass is 9.83. The summed E-state index contributed by atoms with van der Waals surface area (Å²) in [6, 6.07) is 17.3. The number of hydrogen-bond donors (Lipinski definition) is 1. The van der Waals surface area contributed by atoms with Crippen molar-refractivity contribution in [2.45, 2.75) is 12.8 Å². The smallest absolute Gasteiger partial charge is 0.340 e. The molecule has 1 heterocycles. The highest BCUT2D eigenvalue weighted by Gasteiger charge is 2.35. The lowest BCUT2D eigenvalue weighted by Gasteiger charge is -2.28. The molecule has 3 rings (SSSR count). The first-order chi connectivity index (χ1) is 10.7. The van der Waals surface area contributed by atoms with E-state index in [1.165, 1.54) is 0 Å². The Labute approximate surface area is 129 Å². The summed E-state index contributed by atoms with van der Waals surface area (Å²) in [5.74, 6) is 0.0430. The summed E-state index contributed by atoms with van der Waals surface area (Å²) in [6.07, 6.45) is 0. The lowest BCUT2D eigenvalue weighted by Crippen LogP contribution is -2.27. The molecule has 0 aromatic heterocycles. The second-order valence-electron chi connectivity index (χ2n) is 4.98. The molecular weight excluding hydrogens is 278 g/mol. The van der Waals surface area contributed by atoms with Crippen LogP contribution < -0.4 is 10.5 Å². The molecule has 112 valence electrons. The van der Waals surface area contributed by atoms with Crippen LogP contribution in [0.2, 0.25) is 0 Å². The first-order valence-corrected chi connectivity index (χ1v) is 7.21. The SMILES string of the molecule is CCOC(=O)C1=C(N)Oc2ccccc2C1c1ccccc1. The van der Waals surface area contributed by atoms with Crippen LogP contribution in [0.15, 0.2) is 66.1 Å². The highest BCUT2D eigenvalue weighted by molar-refractivity contribution is 5.92. The molecule has 0 radical (unpaired) electrons. The summed E-state index contributed by atoms with van der Waals surface area (Å²) in [6.45, 7) is 2.06. The zero-order valence-corrected chi connectivity index (χ0v) is 12.3. The molecule has 0 bridgehead atoms. The van der Waals surface area contributed by atoms with Gasteiger partial charge in [0.2, 0.25) is 5.88 Å². The Balaban J connectivity index is 2.17. The zero-order valence-electron chi connectivity index (χ0n) is 12.3. The Morgan fingerprint density at radius 1 is 1.14 bits per heavy atom. The van der Waals surface area contributed by atoms with Gasteiger partial charge in [-0.05, 0) is 18.6 Å². The number of esters is 1. The van der Waals surface area contributed by atoms with E-state index in [-0.39, 0.29) is 11.8 Å². The van der Waals surface area contributed by atoms with Gasteiger partial charge in [-0.15, -0.1) is 0 Å². The Hall–Kier alpha value is -2.75. The summed E-state index contributed by atoms with van der Waals surface area (Å²) in [7, 11) is 0. The van der Waals surface area contributed by atoms with Gasteiger partial charge in [0.1, 0.15) is 11.3 Å². The zero-order chi connectivity index (χ0) is 15.5. The second-order valence-corrected chi connectivity index (χ2v) is 4.98. The molecule has 0 fully saturated rings. The van der Waals surface area contributed by atoms with Crippen molar-refractivity contribution in [2.24, 2.45) is 5.73 Å². The first kappa shape index (κ1) is 14.2. The Morgan fingerprint density at radius 3 is 2.55 bits per heavy atom. The van der Waals surface area contributed by atoms with Crippen LogP contribution in [0.25, 0.3) is 0 Å². The maximum absolute atomic E-state index is 12.4. The predicted molar refractivity (Wildman–Crippen MR) is 83.2 cm³/mol. The van der Waals surface area contributed by atoms with E-state index in [1.807, 2.05) is 54.6 Å². The van der Waals surface area contributed by atoms with Crippen LogP contribution in [0.3, 0.4) is 0 Å². The lowest BCUT2D eigenvalue weighted by molar-refractivity contribution is -0.139. The van der Waals surface area contributed by atoms with Crippen molar-refractivity contribution in [2.75, 3.05) is 6.61 Å². The van der Waals surface area contributed by atoms with E-state index >= 15 is 0 Å². The Kier molecular flexibility index (Phi) is 3.83. The van der Waals surface area contributed by atoms with Crippen molar-refractivity contribution >= 4 is 5.97 Å². The van der Waals surface area contributed by atoms with E-state index in [1.54, 1.807) is 6.92 Å². The fourth-order valence-electron chi connectivity index (χ4n) is 2.70. The van der Waals surface area contributed by atoms with E-state index in [0.717, 1.165) is 11.1 Å². The fourth-order valence-corrected chi connectivity index (χ4v) is 2.70. The van der Waals surface area contributed by atoms with Crippen LogP contribution in [0.4, 0.5) is 0 Å². The van der Waals surface area contributed by atoms with E-state index in [4.69, 9.17) is 15.2 Å². The van der Waals surface area contributed by atoms with Gasteiger partial charge in [0.05, 0.1) is 12.5 Å². The number of ether oxygens (including phenoxy) is 2. The van der Waals surface area contributed by atoms with Crippen LogP contribution >= 0.6 is 0 Å². The van der Waals surface area contributed by atoms with Gasteiger partial charge in [-0.25, -0.2) is 4.79 Å². The third kappa shape index (κ3) is 2.44. The van der Waals surface area contributed by atoms with Gasteiger partial charge in [-0.2, -0.15) is 0 Å². The molecule has 1 aliphatic rings. The largest absolute Gasteiger partial charge is 0.462 e. The minimum atomic E-state index is -0.441. The van der Waals surface area contributed by atoms with Gasteiger partial charge >= 0.3 is 5.97 Å². The molecule has 2 aromatic carbocycles. The standard InChI is InChI=1S/C18H17NO3/c1-2-21-18(20)16-15(12-8-4-3-5-9-12)13-10-6-7-11-14(13)22-17(16)19/h3-11,15H,2,19H2,1H3. The summed E-state index contributed by atoms with van der Waals surface area (Å²) in [5.41, 5.74) is 8.25. The maximum Gasteiger partial charge on any atom is 0.340 e. The van der Waals surface area contributed by atoms with Crippen LogP contribution in [0.1, 0.15) is 24.0 Å². The Bertz CT molecular complexity index is 722. The molecular formula is C18H17NO3. The Morgan fingerprint density at radius 2 is 1.82 bits per heavy atom. The number of fused-ring (bicyclic) bond motifs is 1. The molecule has 0 amide bonds. The molecule has 0 saturated heterocycles. The van der Waals surface area contributed by atoms with Gasteiger partial charge in [0.15, 0.2) is 0 Å². The third-order valence-electron chi connectivity index (χ3n) is 3.63. The maximum atomic E-state index is 12.4. The van der Waals surface area contributed by atoms with Crippen molar-refractivity contribution in [1.29, 1.82) is 0 Å². The number of benzene rings is 2. The number of hydrogen-bond acceptors (Lipinski definition) is 4. The molecule has 1 atom stereocenters. The molecule has 1 unspecified atom stereocenters. The number of para-hydroxylation sites is 1. The van der Waals surface area contributed by atoms with Crippen LogP contribution in [0, 0.1) is 0 Å². The van der Waals surface area contributed by atoms with Crippen LogP contribution in [-0.4, -0.2) is 12.6 Å². The normalized spacial score (nSPS) is 16.7. The van der Waals surface area contributed by atoms with Crippen molar-refractivity contribution in [1.82, 2.24) is 0 Å². The molecule has 0 aliphatic carbocycles. The van der Waals surface area contributed by atoms with E-state index in [9.17, 15) is 4.79 Å². The molecule has 22 heavy (non-hydrogen) atoms. The minimum Gasteiger partial charge on any atom is -0.462 e. The molecule has 1 aliphatic heterocycles. The van der Waals surface area contributed by atoms with E-state index < -0.39 is 5.97 Å². The number of carbonyl (C=O) groups excluding carboxylic acids is 1. The summed E-state index contributed by atoms with van der Waals surface area (Å²) in [4.78, 5) is 12.4. The topological polar surface area (TPSA) is 61.5 Å². The predicted octanol–water partition coefficient (Wildman–Crippen LogP) is 2.94. The molecule has 0 saturated carbocycles. The van der Waals surface area contributed by atoms with Gasteiger partial charge in [0, 0.05) is 5.56 Å². The highest BCUT2D eigenvalue weighted by Crippen LogP contribution is 2.42. The monoisotopic (exact) mass is 295 g/mol. The van der Waals surface area contributed by atoms with Gasteiger partial charge in [-0.1, -0.05) is 48.5 Å². The van der Waals surface area contributed by atoms with E-state index in [0.29, 0.717) is 17.9 Å². The van der Waals surface area contributed by atoms with Gasteiger partial charge in [-0.3, -0.25) is 0 Å². The molecule has 0 spiro atoms. The second kappa shape index (κ2) is 5.93. The third-order valence-corrected chi connectivity index (χ3v) is 3.63. The average molecular weight is 295 g/mol. The van der Waals surface area contributed by atoms with Crippen molar-refractivity contribution in [3.63, 3.8) is 0 Å². The average Bonchev–Trinajstić information content (AvgIpc) is 2.54. The van der Waals surface area contributed by atoms with Crippen LogP contribution in [-0.2, 0) is 9.53 Å². The number of nitrogens with two attached hydrogens (primary N) is 1. The summed E-state index contributed by atoms with van der Waals surface area (Å²) < 4.78 is 10.8. The quantitative estimate of drug-likeness (QED) is 0.884.